The number of amides is 1. The molecule has 0 aromatic heterocycles. The highest BCUT2D eigenvalue weighted by molar-refractivity contribution is 7.90. The fraction of sp³-hybridized carbons (Fsp3) is 0.182. The van der Waals surface area contributed by atoms with Crippen molar-refractivity contribution in [3.05, 3.63) is 41.4 Å². The number of carbonyl (C=O) groups is 1. The van der Waals surface area contributed by atoms with Crippen LogP contribution in [0.15, 0.2) is 35.7 Å². The molecule has 1 rings (SSSR count). The van der Waals surface area contributed by atoms with Gasteiger partial charge >= 0.3 is 0 Å². The number of hydrogen-bond acceptors (Lipinski definition) is 3. The van der Waals surface area contributed by atoms with E-state index in [1.807, 2.05) is 0 Å². The molecule has 0 fully saturated rings. The molecule has 1 aromatic carbocycles. The lowest BCUT2D eigenvalue weighted by Gasteiger charge is -2.06. The van der Waals surface area contributed by atoms with E-state index in [9.17, 15) is 13.2 Å². The minimum absolute atomic E-state index is 0.132. The van der Waals surface area contributed by atoms with Gasteiger partial charge in [-0.2, -0.15) is 0 Å². The SMILES string of the molecule is C=CC(=O)NCc1cc(Cl)cc(S(C)(=O)=O)c1. The summed E-state index contributed by atoms with van der Waals surface area (Å²) in [6.45, 7) is 3.52. The quantitative estimate of drug-likeness (QED) is 0.847. The molecule has 0 aliphatic carbocycles. The first-order valence-electron chi connectivity index (χ1n) is 4.72. The second-order valence-corrected chi connectivity index (χ2v) is 5.94. The Morgan fingerprint density at radius 2 is 2.12 bits per heavy atom. The van der Waals surface area contributed by atoms with Gasteiger partial charge in [-0.15, -0.1) is 0 Å². The number of rotatable bonds is 4. The van der Waals surface area contributed by atoms with Gasteiger partial charge in [0.2, 0.25) is 5.91 Å². The molecule has 0 aliphatic rings. The Morgan fingerprint density at radius 1 is 1.47 bits per heavy atom. The van der Waals surface area contributed by atoms with Crippen molar-refractivity contribution < 1.29 is 13.2 Å². The third kappa shape index (κ3) is 4.20. The van der Waals surface area contributed by atoms with Crippen LogP contribution in [0.4, 0.5) is 0 Å². The smallest absolute Gasteiger partial charge is 0.243 e. The van der Waals surface area contributed by atoms with Gasteiger partial charge in [-0.3, -0.25) is 4.79 Å². The van der Waals surface area contributed by atoms with E-state index in [1.165, 1.54) is 12.1 Å². The molecule has 6 heteroatoms. The molecule has 92 valence electrons. The number of hydrogen-bond donors (Lipinski definition) is 1. The maximum Gasteiger partial charge on any atom is 0.243 e. The average Bonchev–Trinajstić information content (AvgIpc) is 2.24. The summed E-state index contributed by atoms with van der Waals surface area (Å²) in [6.07, 6.45) is 2.24. The standard InChI is InChI=1S/C11H12ClNO3S/c1-3-11(14)13-7-8-4-9(12)6-10(5-8)17(2,15)16/h3-6H,1,7H2,2H3,(H,13,14). The lowest BCUT2D eigenvalue weighted by atomic mass is 10.2. The van der Waals surface area contributed by atoms with Gasteiger partial charge in [0.15, 0.2) is 9.84 Å². The summed E-state index contributed by atoms with van der Waals surface area (Å²) in [6, 6.07) is 4.44. The van der Waals surface area contributed by atoms with Crippen molar-refractivity contribution in [3.8, 4) is 0 Å². The summed E-state index contributed by atoms with van der Waals surface area (Å²) in [7, 11) is -3.31. The van der Waals surface area contributed by atoms with E-state index in [-0.39, 0.29) is 17.3 Å². The molecular weight excluding hydrogens is 262 g/mol. The van der Waals surface area contributed by atoms with Crippen LogP contribution >= 0.6 is 11.6 Å². The molecular formula is C11H12ClNO3S. The summed E-state index contributed by atoms with van der Waals surface area (Å²) in [5, 5.41) is 2.86. The number of carbonyl (C=O) groups excluding carboxylic acids is 1. The van der Waals surface area contributed by atoms with Crippen LogP contribution in [0.3, 0.4) is 0 Å². The largest absolute Gasteiger partial charge is 0.348 e. The number of nitrogens with one attached hydrogen (secondary N) is 1. The van der Waals surface area contributed by atoms with E-state index in [0.29, 0.717) is 10.6 Å². The third-order valence-corrected chi connectivity index (χ3v) is 3.32. The Hall–Kier alpha value is -1.33. The number of sulfone groups is 1. The third-order valence-electron chi connectivity index (χ3n) is 2.01. The lowest BCUT2D eigenvalue weighted by Crippen LogP contribution is -2.20. The Bertz CT molecular complexity index is 552. The van der Waals surface area contributed by atoms with E-state index >= 15 is 0 Å². The van der Waals surface area contributed by atoms with Crippen molar-refractivity contribution in [2.45, 2.75) is 11.4 Å². The summed E-state index contributed by atoms with van der Waals surface area (Å²) in [5.74, 6) is -0.328. The second kappa shape index (κ2) is 5.33. The van der Waals surface area contributed by atoms with E-state index in [1.54, 1.807) is 6.07 Å². The summed E-state index contributed by atoms with van der Waals surface area (Å²) < 4.78 is 22.7. The highest BCUT2D eigenvalue weighted by Crippen LogP contribution is 2.18. The van der Waals surface area contributed by atoms with Gasteiger partial charge in [0.1, 0.15) is 0 Å². The van der Waals surface area contributed by atoms with E-state index in [0.717, 1.165) is 12.3 Å². The molecule has 1 amide bonds. The first-order valence-corrected chi connectivity index (χ1v) is 6.99. The minimum Gasteiger partial charge on any atom is -0.348 e. The van der Waals surface area contributed by atoms with Crippen LogP contribution in [0.5, 0.6) is 0 Å². The van der Waals surface area contributed by atoms with Crippen LogP contribution in [0.2, 0.25) is 5.02 Å². The summed E-state index contributed by atoms with van der Waals surface area (Å²) in [4.78, 5) is 11.1. The van der Waals surface area contributed by atoms with Crippen LogP contribution < -0.4 is 5.32 Å². The molecule has 4 nitrogen and oxygen atoms in total. The van der Waals surface area contributed by atoms with Gasteiger partial charge in [-0.1, -0.05) is 18.2 Å². The maximum atomic E-state index is 11.4. The van der Waals surface area contributed by atoms with Crippen molar-refractivity contribution in [1.29, 1.82) is 0 Å². The Balaban J connectivity index is 2.98. The fourth-order valence-corrected chi connectivity index (χ4v) is 2.23. The molecule has 0 heterocycles. The average molecular weight is 274 g/mol. The summed E-state index contributed by atoms with van der Waals surface area (Å²) in [5.41, 5.74) is 0.619. The van der Waals surface area contributed by atoms with Crippen molar-refractivity contribution in [2.75, 3.05) is 6.26 Å². The number of halogens is 1. The van der Waals surface area contributed by atoms with Crippen LogP contribution in [0.1, 0.15) is 5.56 Å². The Kier molecular flexibility index (Phi) is 4.31. The molecule has 0 bridgehead atoms. The molecule has 0 atom stereocenters. The van der Waals surface area contributed by atoms with Crippen molar-refractivity contribution >= 4 is 27.3 Å². The molecule has 0 saturated heterocycles. The second-order valence-electron chi connectivity index (χ2n) is 3.49. The fourth-order valence-electron chi connectivity index (χ4n) is 1.20. The molecule has 0 radical (unpaired) electrons. The Morgan fingerprint density at radius 3 is 2.65 bits per heavy atom. The van der Waals surface area contributed by atoms with Crippen LogP contribution in [-0.4, -0.2) is 20.6 Å². The number of benzene rings is 1. The van der Waals surface area contributed by atoms with E-state index in [4.69, 9.17) is 11.6 Å². The first kappa shape index (κ1) is 13.7. The predicted octanol–water partition coefficient (Wildman–Crippen LogP) is 1.55. The minimum atomic E-state index is -3.31. The van der Waals surface area contributed by atoms with Gasteiger partial charge in [-0.25, -0.2) is 8.42 Å². The molecule has 1 N–H and O–H groups in total. The molecule has 1 aromatic rings. The van der Waals surface area contributed by atoms with E-state index in [2.05, 4.69) is 11.9 Å². The topological polar surface area (TPSA) is 63.2 Å². The molecule has 17 heavy (non-hydrogen) atoms. The zero-order valence-corrected chi connectivity index (χ0v) is 10.8. The van der Waals surface area contributed by atoms with Gasteiger partial charge in [0.05, 0.1) is 4.90 Å². The van der Waals surface area contributed by atoms with Crippen LogP contribution in [-0.2, 0) is 21.2 Å². The van der Waals surface area contributed by atoms with Crippen molar-refractivity contribution in [2.24, 2.45) is 0 Å². The van der Waals surface area contributed by atoms with E-state index < -0.39 is 9.84 Å². The molecule has 0 saturated carbocycles. The monoisotopic (exact) mass is 273 g/mol. The first-order chi connectivity index (χ1) is 7.82. The lowest BCUT2D eigenvalue weighted by molar-refractivity contribution is -0.116. The highest BCUT2D eigenvalue weighted by atomic mass is 35.5. The van der Waals surface area contributed by atoms with Crippen molar-refractivity contribution in [3.63, 3.8) is 0 Å². The normalized spacial score (nSPS) is 10.9. The van der Waals surface area contributed by atoms with Crippen LogP contribution in [0, 0.1) is 0 Å². The maximum absolute atomic E-state index is 11.4. The van der Waals surface area contributed by atoms with Gasteiger partial charge in [0, 0.05) is 17.8 Å². The predicted molar refractivity (Wildman–Crippen MR) is 66.6 cm³/mol. The van der Waals surface area contributed by atoms with Crippen LogP contribution in [0.25, 0.3) is 0 Å². The zero-order chi connectivity index (χ0) is 13.1. The van der Waals surface area contributed by atoms with Crippen molar-refractivity contribution in [1.82, 2.24) is 5.32 Å². The molecule has 0 aliphatic heterocycles. The van der Waals surface area contributed by atoms with Gasteiger partial charge < -0.3 is 5.32 Å². The Labute approximate surface area is 105 Å². The van der Waals surface area contributed by atoms with Gasteiger partial charge in [-0.05, 0) is 29.8 Å². The van der Waals surface area contributed by atoms with Gasteiger partial charge in [0.25, 0.3) is 0 Å². The zero-order valence-electron chi connectivity index (χ0n) is 9.23. The molecule has 0 spiro atoms. The summed E-state index contributed by atoms with van der Waals surface area (Å²) >= 11 is 5.81. The molecule has 0 unspecified atom stereocenters. The highest BCUT2D eigenvalue weighted by Gasteiger charge is 2.09.